The van der Waals surface area contributed by atoms with Gasteiger partial charge in [0.05, 0.1) is 42.4 Å². The van der Waals surface area contributed by atoms with Crippen LogP contribution in [0.5, 0.6) is 6.01 Å². The Kier molecular flexibility index (Phi) is 8.40. The average molecular weight is 614 g/mol. The molecule has 9 nitrogen and oxygen atoms in total. The van der Waals surface area contributed by atoms with Gasteiger partial charge in [-0.15, -0.1) is 0 Å². The highest BCUT2D eigenvalue weighted by Crippen LogP contribution is 2.50. The van der Waals surface area contributed by atoms with E-state index in [4.69, 9.17) is 26.3 Å². The van der Waals surface area contributed by atoms with Gasteiger partial charge in [-0.05, 0) is 63.9 Å². The van der Waals surface area contributed by atoms with Gasteiger partial charge >= 0.3 is 6.01 Å². The Balaban J connectivity index is 1.35. The second-order valence-corrected chi connectivity index (χ2v) is 12.9. The van der Waals surface area contributed by atoms with Crippen LogP contribution in [0, 0.1) is 16.7 Å². The first kappa shape index (κ1) is 30.2. The van der Waals surface area contributed by atoms with Gasteiger partial charge in [0.25, 0.3) is 0 Å². The number of hydrogen-bond donors (Lipinski definition) is 0. The number of aromatic nitrogens is 2. The molecule has 3 aliphatic rings. The molecule has 1 saturated heterocycles. The van der Waals surface area contributed by atoms with E-state index in [1.807, 2.05) is 12.1 Å². The molecule has 6 rings (SSSR count). The smallest absolute Gasteiger partial charge is 0.318 e. The van der Waals surface area contributed by atoms with Gasteiger partial charge in [-0.3, -0.25) is 4.79 Å². The van der Waals surface area contributed by atoms with Gasteiger partial charge < -0.3 is 24.3 Å². The summed E-state index contributed by atoms with van der Waals surface area (Å²) in [6.07, 6.45) is 4.56. The van der Waals surface area contributed by atoms with Gasteiger partial charge in [0.15, 0.2) is 0 Å². The van der Waals surface area contributed by atoms with E-state index in [0.717, 1.165) is 64.4 Å². The molecule has 1 saturated carbocycles. The van der Waals surface area contributed by atoms with E-state index in [1.54, 1.807) is 4.90 Å². The molecule has 3 aromatic rings. The summed E-state index contributed by atoms with van der Waals surface area (Å²) < 4.78 is 6.44. The fourth-order valence-corrected chi connectivity index (χ4v) is 7.07. The molecule has 2 aliphatic heterocycles. The van der Waals surface area contributed by atoms with Crippen molar-refractivity contribution in [2.24, 2.45) is 5.41 Å². The number of halogens is 1. The minimum absolute atomic E-state index is 0.100. The van der Waals surface area contributed by atoms with Crippen molar-refractivity contribution in [1.29, 1.82) is 5.26 Å². The Morgan fingerprint density at radius 1 is 1.20 bits per heavy atom. The van der Waals surface area contributed by atoms with E-state index in [2.05, 4.69) is 72.6 Å². The molecule has 1 amide bonds. The van der Waals surface area contributed by atoms with E-state index in [0.29, 0.717) is 44.8 Å². The number of ether oxygens (including phenoxy) is 1. The largest absolute Gasteiger partial charge is 0.463 e. The summed E-state index contributed by atoms with van der Waals surface area (Å²) in [4.78, 5) is 31.2. The van der Waals surface area contributed by atoms with E-state index in [9.17, 15) is 10.1 Å². The first-order chi connectivity index (χ1) is 21.2. The lowest BCUT2D eigenvalue weighted by atomic mass is 9.98. The molecule has 0 radical (unpaired) electrons. The lowest BCUT2D eigenvalue weighted by molar-refractivity contribution is -0.128. The molecule has 10 heteroatoms. The van der Waals surface area contributed by atoms with Crippen molar-refractivity contribution in [1.82, 2.24) is 19.8 Å². The predicted molar refractivity (Wildman–Crippen MR) is 174 cm³/mol. The van der Waals surface area contributed by atoms with E-state index in [1.165, 1.54) is 6.08 Å². The molecule has 0 unspecified atom stereocenters. The van der Waals surface area contributed by atoms with Crippen molar-refractivity contribution < 1.29 is 9.53 Å². The highest BCUT2D eigenvalue weighted by Gasteiger charge is 2.49. The Labute approximate surface area is 264 Å². The topological polar surface area (TPSA) is 88.8 Å². The zero-order valence-corrected chi connectivity index (χ0v) is 26.6. The predicted octanol–water partition coefficient (Wildman–Crippen LogP) is 5.07. The number of fused-ring (bicyclic) bond motifs is 2. The normalized spacial score (nSPS) is 19.8. The van der Waals surface area contributed by atoms with E-state index in [-0.39, 0.29) is 23.8 Å². The minimum Gasteiger partial charge on any atom is -0.463 e. The van der Waals surface area contributed by atoms with Crippen molar-refractivity contribution in [3.63, 3.8) is 0 Å². The number of nitriles is 1. The van der Waals surface area contributed by atoms with Crippen molar-refractivity contribution in [2.45, 2.75) is 51.2 Å². The molecule has 2 fully saturated rings. The Hall–Kier alpha value is -3.87. The van der Waals surface area contributed by atoms with Gasteiger partial charge in [0.1, 0.15) is 5.82 Å². The third-order valence-corrected chi connectivity index (χ3v) is 10.1. The molecule has 0 bridgehead atoms. The molecule has 1 aliphatic carbocycles. The van der Waals surface area contributed by atoms with Gasteiger partial charge in [-0.25, -0.2) is 0 Å². The molecule has 0 spiro atoms. The maximum Gasteiger partial charge on any atom is 0.318 e. The van der Waals surface area contributed by atoms with Gasteiger partial charge in [-0.2, -0.15) is 15.2 Å². The van der Waals surface area contributed by atoms with Crippen LogP contribution in [-0.4, -0.2) is 84.6 Å². The zero-order valence-electron chi connectivity index (χ0n) is 25.8. The van der Waals surface area contributed by atoms with Crippen molar-refractivity contribution in [3.05, 3.63) is 65.3 Å². The van der Waals surface area contributed by atoms with Gasteiger partial charge in [0, 0.05) is 54.3 Å². The first-order valence-corrected chi connectivity index (χ1v) is 15.8. The maximum absolute atomic E-state index is 12.6. The molecule has 3 heterocycles. The van der Waals surface area contributed by atoms with Crippen LogP contribution in [0.4, 0.5) is 11.5 Å². The molecule has 2 aromatic carbocycles. The number of carbonyl (C=O) groups excluding carboxylic acids is 1. The Bertz CT molecular complexity index is 1610. The van der Waals surface area contributed by atoms with Crippen molar-refractivity contribution >= 4 is 39.8 Å². The van der Waals surface area contributed by atoms with Crippen LogP contribution in [0.15, 0.2) is 49.1 Å². The van der Waals surface area contributed by atoms with Crippen LogP contribution in [0.25, 0.3) is 10.8 Å². The monoisotopic (exact) mass is 613 g/mol. The number of carbonyl (C=O) groups is 1. The summed E-state index contributed by atoms with van der Waals surface area (Å²) >= 11 is 6.72. The number of rotatable bonds is 9. The van der Waals surface area contributed by atoms with Crippen LogP contribution in [0.1, 0.15) is 37.4 Å². The van der Waals surface area contributed by atoms with Crippen LogP contribution >= 0.6 is 11.6 Å². The number of hydrogen-bond acceptors (Lipinski definition) is 8. The van der Waals surface area contributed by atoms with E-state index < -0.39 is 0 Å². The summed E-state index contributed by atoms with van der Waals surface area (Å²) in [5.41, 5.74) is 3.22. The summed E-state index contributed by atoms with van der Waals surface area (Å²) in [5, 5.41) is 12.4. The van der Waals surface area contributed by atoms with Crippen LogP contribution < -0.4 is 14.5 Å². The van der Waals surface area contributed by atoms with Crippen LogP contribution in [0.3, 0.4) is 0 Å². The lowest BCUT2D eigenvalue weighted by Gasteiger charge is -2.42. The number of piperazine rings is 1. The summed E-state index contributed by atoms with van der Waals surface area (Å²) in [7, 11) is 4.22. The molecular formula is C34H40ClN7O2. The standard InChI is InChI=1S/C34H40ClN7O2/c1-5-30(43)42-19-18-41(20-25(42)12-16-36)32-26-13-17-40(29-11-7-9-24-8-6-10-27(35)31(24)29)21-28(26)37-33(38-32)44-22-34(14-15-34)23(2)39(3)4/h5-11,23,25H,1,12-15,17-22H2,2-4H3/t23-,25-/m0/s1. The Morgan fingerprint density at radius 3 is 2.68 bits per heavy atom. The average Bonchev–Trinajstić information content (AvgIpc) is 3.83. The Morgan fingerprint density at radius 2 is 1.98 bits per heavy atom. The number of nitrogens with zero attached hydrogens (tertiary/aromatic N) is 7. The second-order valence-electron chi connectivity index (χ2n) is 12.5. The molecule has 44 heavy (non-hydrogen) atoms. The van der Waals surface area contributed by atoms with Crippen molar-refractivity contribution in [3.8, 4) is 12.1 Å². The molecular weight excluding hydrogens is 574 g/mol. The SMILES string of the molecule is C=CC(=O)N1CCN(c2nc(OCC3([C@H](C)N(C)C)CC3)nc3c2CCN(c2cccc4cccc(Cl)c24)C3)C[C@@H]1CC#N. The molecule has 2 atom stereocenters. The van der Waals surface area contributed by atoms with Gasteiger partial charge in [-0.1, -0.05) is 42.4 Å². The summed E-state index contributed by atoms with van der Waals surface area (Å²) in [5.74, 6) is 0.701. The van der Waals surface area contributed by atoms with Crippen LogP contribution in [-0.2, 0) is 17.8 Å². The lowest BCUT2D eigenvalue weighted by Crippen LogP contribution is -2.55. The third kappa shape index (κ3) is 5.69. The quantitative estimate of drug-likeness (QED) is 0.309. The fraction of sp³-hybridized carbons (Fsp3) is 0.471. The van der Waals surface area contributed by atoms with E-state index >= 15 is 0 Å². The molecule has 230 valence electrons. The highest BCUT2D eigenvalue weighted by molar-refractivity contribution is 6.36. The fourth-order valence-electron chi connectivity index (χ4n) is 6.79. The highest BCUT2D eigenvalue weighted by atomic mass is 35.5. The maximum atomic E-state index is 12.6. The minimum atomic E-state index is -0.247. The molecule has 1 aromatic heterocycles. The molecule has 0 N–H and O–H groups in total. The second kappa shape index (κ2) is 12.3. The number of benzene rings is 2. The summed E-state index contributed by atoms with van der Waals surface area (Å²) in [6, 6.07) is 15.1. The first-order valence-electron chi connectivity index (χ1n) is 15.4. The summed E-state index contributed by atoms with van der Waals surface area (Å²) in [6.45, 7) is 9.47. The number of anilines is 2. The van der Waals surface area contributed by atoms with Crippen molar-refractivity contribution in [2.75, 3.05) is 56.7 Å². The van der Waals surface area contributed by atoms with Crippen LogP contribution in [0.2, 0.25) is 5.02 Å². The van der Waals surface area contributed by atoms with Gasteiger partial charge in [0.2, 0.25) is 5.91 Å². The third-order valence-electron chi connectivity index (χ3n) is 9.80. The number of amides is 1. The zero-order chi connectivity index (χ0) is 31.0.